The number of aliphatic hydroxyl groups excluding tert-OH is 1. The lowest BCUT2D eigenvalue weighted by atomic mass is 9.92. The average molecular weight is 228 g/mol. The Bertz CT molecular complexity index is 231. The molecule has 0 spiro atoms. The summed E-state index contributed by atoms with van der Waals surface area (Å²) >= 11 is 0. The summed E-state index contributed by atoms with van der Waals surface area (Å²) in [5.41, 5.74) is 5.35. The quantitative estimate of drug-likeness (QED) is 0.651. The van der Waals surface area contributed by atoms with Crippen molar-refractivity contribution >= 4 is 5.91 Å². The predicted molar refractivity (Wildman–Crippen MR) is 63.9 cm³/mol. The zero-order chi connectivity index (χ0) is 12.2. The molecule has 4 nitrogen and oxygen atoms in total. The van der Waals surface area contributed by atoms with Crippen molar-refractivity contribution in [3.63, 3.8) is 0 Å². The van der Waals surface area contributed by atoms with E-state index in [4.69, 9.17) is 5.73 Å². The molecule has 0 heterocycles. The van der Waals surface area contributed by atoms with Crippen LogP contribution in [-0.2, 0) is 4.79 Å². The van der Waals surface area contributed by atoms with E-state index in [1.165, 1.54) is 0 Å². The van der Waals surface area contributed by atoms with Gasteiger partial charge in [-0.3, -0.25) is 4.79 Å². The highest BCUT2D eigenvalue weighted by Crippen LogP contribution is 2.25. The third-order valence-corrected chi connectivity index (χ3v) is 3.89. The normalized spacial score (nSPS) is 25.8. The minimum absolute atomic E-state index is 0.00448. The summed E-state index contributed by atoms with van der Waals surface area (Å²) in [6, 6.07) is 0.169. The van der Waals surface area contributed by atoms with Crippen LogP contribution in [0.1, 0.15) is 46.0 Å². The van der Waals surface area contributed by atoms with Crippen molar-refractivity contribution in [3.05, 3.63) is 0 Å². The predicted octanol–water partition coefficient (Wildman–Crippen LogP) is 0.781. The zero-order valence-corrected chi connectivity index (χ0v) is 10.3. The van der Waals surface area contributed by atoms with Crippen molar-refractivity contribution in [3.8, 4) is 0 Å². The van der Waals surface area contributed by atoms with Gasteiger partial charge in [-0.05, 0) is 32.1 Å². The van der Waals surface area contributed by atoms with Crippen LogP contribution in [0.25, 0.3) is 0 Å². The second-order valence-electron chi connectivity index (χ2n) is 4.90. The molecular formula is C12H24N2O2. The van der Waals surface area contributed by atoms with E-state index in [9.17, 15) is 9.90 Å². The molecule has 4 heteroatoms. The molecule has 0 aliphatic heterocycles. The number of carbonyl (C=O) groups is 1. The molecule has 0 bridgehead atoms. The van der Waals surface area contributed by atoms with Crippen LogP contribution in [0.5, 0.6) is 0 Å². The monoisotopic (exact) mass is 228 g/mol. The van der Waals surface area contributed by atoms with E-state index < -0.39 is 5.54 Å². The summed E-state index contributed by atoms with van der Waals surface area (Å²) in [6.45, 7) is 3.98. The van der Waals surface area contributed by atoms with Crippen molar-refractivity contribution < 1.29 is 9.90 Å². The summed E-state index contributed by atoms with van der Waals surface area (Å²) in [5, 5.41) is 12.4. The van der Waals surface area contributed by atoms with E-state index in [1.807, 2.05) is 13.8 Å². The molecule has 2 atom stereocenters. The highest BCUT2D eigenvalue weighted by atomic mass is 16.3. The fraction of sp³-hybridized carbons (Fsp3) is 0.917. The van der Waals surface area contributed by atoms with Gasteiger partial charge in [-0.25, -0.2) is 0 Å². The summed E-state index contributed by atoms with van der Waals surface area (Å²) in [5.74, 6) is 0.102. The fourth-order valence-corrected chi connectivity index (χ4v) is 2.31. The highest BCUT2D eigenvalue weighted by Gasteiger charge is 2.33. The van der Waals surface area contributed by atoms with Gasteiger partial charge >= 0.3 is 0 Å². The lowest BCUT2D eigenvalue weighted by Gasteiger charge is -2.32. The van der Waals surface area contributed by atoms with Gasteiger partial charge in [0.15, 0.2) is 0 Å². The van der Waals surface area contributed by atoms with Gasteiger partial charge in [-0.15, -0.1) is 0 Å². The van der Waals surface area contributed by atoms with Gasteiger partial charge in [0, 0.05) is 12.0 Å². The molecule has 0 aromatic heterocycles. The maximum absolute atomic E-state index is 12.0. The number of carbonyl (C=O) groups excluding carboxylic acids is 1. The topological polar surface area (TPSA) is 75.3 Å². The molecule has 4 N–H and O–H groups in total. The first-order valence-corrected chi connectivity index (χ1v) is 6.25. The third-order valence-electron chi connectivity index (χ3n) is 3.89. The summed E-state index contributed by atoms with van der Waals surface area (Å²) in [4.78, 5) is 12.0. The summed E-state index contributed by atoms with van der Waals surface area (Å²) in [7, 11) is 0. The zero-order valence-electron chi connectivity index (χ0n) is 10.3. The molecule has 1 rings (SSSR count). The summed E-state index contributed by atoms with van der Waals surface area (Å²) < 4.78 is 0. The van der Waals surface area contributed by atoms with Gasteiger partial charge in [0.05, 0.1) is 12.1 Å². The second kappa shape index (κ2) is 5.64. The van der Waals surface area contributed by atoms with Crippen LogP contribution in [0, 0.1) is 5.92 Å². The van der Waals surface area contributed by atoms with Crippen LogP contribution in [0.2, 0.25) is 0 Å². The van der Waals surface area contributed by atoms with E-state index in [-0.39, 0.29) is 24.5 Å². The van der Waals surface area contributed by atoms with Crippen LogP contribution in [0.3, 0.4) is 0 Å². The molecule has 0 saturated heterocycles. The van der Waals surface area contributed by atoms with Gasteiger partial charge in [0.25, 0.3) is 0 Å². The minimum Gasteiger partial charge on any atom is -0.394 e. The fourth-order valence-electron chi connectivity index (χ4n) is 2.31. The lowest BCUT2D eigenvalue weighted by Crippen LogP contribution is -2.52. The molecule has 1 aliphatic carbocycles. The number of nitrogens with two attached hydrogens (primary N) is 1. The number of aliphatic hydroxyl groups is 1. The average Bonchev–Trinajstić information content (AvgIpc) is 2.73. The molecule has 1 saturated carbocycles. The maximum atomic E-state index is 12.0. The van der Waals surface area contributed by atoms with Crippen molar-refractivity contribution in [1.82, 2.24) is 5.32 Å². The first-order chi connectivity index (χ1) is 7.56. The Labute approximate surface area is 97.6 Å². The second-order valence-corrected chi connectivity index (χ2v) is 4.90. The Morgan fingerprint density at radius 1 is 1.44 bits per heavy atom. The van der Waals surface area contributed by atoms with E-state index in [2.05, 4.69) is 5.32 Å². The van der Waals surface area contributed by atoms with Gasteiger partial charge in [-0.1, -0.05) is 13.8 Å². The van der Waals surface area contributed by atoms with Crippen molar-refractivity contribution in [2.75, 3.05) is 6.61 Å². The first-order valence-electron chi connectivity index (χ1n) is 6.25. The van der Waals surface area contributed by atoms with Gasteiger partial charge in [-0.2, -0.15) is 0 Å². The van der Waals surface area contributed by atoms with Crippen LogP contribution in [0.4, 0.5) is 0 Å². The standard InChI is InChI=1S/C12H24N2O2/c1-3-12(4-2,8-15)14-11(16)9-5-6-10(13)7-9/h9-10,15H,3-8,13H2,1-2H3,(H,14,16). The van der Waals surface area contributed by atoms with Crippen LogP contribution in [0.15, 0.2) is 0 Å². The number of hydrogen-bond donors (Lipinski definition) is 3. The van der Waals surface area contributed by atoms with Crippen LogP contribution >= 0.6 is 0 Å². The molecule has 1 fully saturated rings. The smallest absolute Gasteiger partial charge is 0.223 e. The Kier molecular flexibility index (Phi) is 4.74. The minimum atomic E-state index is -0.441. The molecule has 1 amide bonds. The molecular weight excluding hydrogens is 204 g/mol. The van der Waals surface area contributed by atoms with E-state index in [1.54, 1.807) is 0 Å². The highest BCUT2D eigenvalue weighted by molar-refractivity contribution is 5.79. The molecule has 0 aromatic carbocycles. The SMILES string of the molecule is CCC(CC)(CO)NC(=O)C1CCC(N)C1. The Morgan fingerprint density at radius 3 is 2.44 bits per heavy atom. The first kappa shape index (κ1) is 13.5. The number of rotatable bonds is 5. The Balaban J connectivity index is 2.55. The molecule has 0 radical (unpaired) electrons. The summed E-state index contributed by atoms with van der Waals surface area (Å²) in [6.07, 6.45) is 4.10. The Hall–Kier alpha value is -0.610. The molecule has 2 unspecified atom stereocenters. The third kappa shape index (κ3) is 2.95. The van der Waals surface area contributed by atoms with Crippen molar-refractivity contribution in [2.24, 2.45) is 11.7 Å². The lowest BCUT2D eigenvalue weighted by molar-refractivity contribution is -0.127. The van der Waals surface area contributed by atoms with E-state index >= 15 is 0 Å². The number of amides is 1. The van der Waals surface area contributed by atoms with E-state index in [0.717, 1.165) is 32.1 Å². The number of hydrogen-bond acceptors (Lipinski definition) is 3. The van der Waals surface area contributed by atoms with Gasteiger partial charge in [0.1, 0.15) is 0 Å². The van der Waals surface area contributed by atoms with Gasteiger partial charge < -0.3 is 16.2 Å². The van der Waals surface area contributed by atoms with Crippen LogP contribution < -0.4 is 11.1 Å². The molecule has 0 aromatic rings. The number of nitrogens with one attached hydrogen (secondary N) is 1. The van der Waals surface area contributed by atoms with Crippen LogP contribution in [-0.4, -0.2) is 29.2 Å². The Morgan fingerprint density at radius 2 is 2.06 bits per heavy atom. The largest absolute Gasteiger partial charge is 0.394 e. The molecule has 16 heavy (non-hydrogen) atoms. The maximum Gasteiger partial charge on any atom is 0.223 e. The van der Waals surface area contributed by atoms with E-state index in [0.29, 0.717) is 0 Å². The van der Waals surface area contributed by atoms with Crippen molar-refractivity contribution in [1.29, 1.82) is 0 Å². The molecule has 94 valence electrons. The van der Waals surface area contributed by atoms with Gasteiger partial charge in [0.2, 0.25) is 5.91 Å². The van der Waals surface area contributed by atoms with Crippen molar-refractivity contribution in [2.45, 2.75) is 57.5 Å². The molecule has 1 aliphatic rings.